The van der Waals surface area contributed by atoms with Crippen LogP contribution in [-0.4, -0.2) is 50.4 Å². The molecule has 2 atom stereocenters. The molecule has 0 radical (unpaired) electrons. The van der Waals surface area contributed by atoms with Crippen LogP contribution in [0.25, 0.3) is 0 Å². The zero-order chi connectivity index (χ0) is 15.2. The molecule has 1 aromatic rings. The van der Waals surface area contributed by atoms with Crippen LogP contribution in [0.4, 0.5) is 0 Å². The maximum atomic E-state index is 5.92. The van der Waals surface area contributed by atoms with Crippen molar-refractivity contribution in [2.24, 2.45) is 5.73 Å². The van der Waals surface area contributed by atoms with E-state index in [4.69, 9.17) is 26.8 Å². The third-order valence-electron chi connectivity index (χ3n) is 3.93. The van der Waals surface area contributed by atoms with E-state index in [0.717, 1.165) is 36.2 Å². The molecular formula is C15H23BrCl2N2O2. The summed E-state index contributed by atoms with van der Waals surface area (Å²) < 4.78 is 12.1. The van der Waals surface area contributed by atoms with E-state index in [9.17, 15) is 0 Å². The largest absolute Gasteiger partial charge is 0.491 e. The van der Waals surface area contributed by atoms with E-state index in [1.807, 2.05) is 18.2 Å². The average Bonchev–Trinajstić information content (AvgIpc) is 2.49. The highest BCUT2D eigenvalue weighted by Gasteiger charge is 2.27. The predicted octanol–water partition coefficient (Wildman–Crippen LogP) is 3.34. The molecule has 0 bridgehead atoms. The van der Waals surface area contributed by atoms with Gasteiger partial charge in [-0.2, -0.15) is 0 Å². The molecular weight excluding hydrogens is 391 g/mol. The van der Waals surface area contributed by atoms with Crippen LogP contribution in [0.15, 0.2) is 22.7 Å². The number of methoxy groups -OCH3 is 1. The van der Waals surface area contributed by atoms with E-state index >= 15 is 0 Å². The summed E-state index contributed by atoms with van der Waals surface area (Å²) in [4.78, 5) is 2.39. The second-order valence-corrected chi connectivity index (χ2v) is 6.52. The molecule has 2 N–H and O–H groups in total. The monoisotopic (exact) mass is 412 g/mol. The van der Waals surface area contributed by atoms with E-state index in [-0.39, 0.29) is 12.4 Å². The van der Waals surface area contributed by atoms with E-state index in [1.165, 1.54) is 0 Å². The van der Waals surface area contributed by atoms with Crippen LogP contribution in [0.3, 0.4) is 0 Å². The van der Waals surface area contributed by atoms with Gasteiger partial charge >= 0.3 is 0 Å². The molecule has 22 heavy (non-hydrogen) atoms. The van der Waals surface area contributed by atoms with Crippen LogP contribution >= 0.6 is 39.9 Å². The Hall–Kier alpha value is -0.0400. The fourth-order valence-corrected chi connectivity index (χ4v) is 3.48. The summed E-state index contributed by atoms with van der Waals surface area (Å²) in [5, 5.41) is 0.694. The van der Waals surface area contributed by atoms with Crippen molar-refractivity contribution < 1.29 is 9.47 Å². The number of nitrogens with two attached hydrogens (primary N) is 1. The summed E-state index contributed by atoms with van der Waals surface area (Å²) in [7, 11) is 1.77. The number of benzene rings is 1. The lowest BCUT2D eigenvalue weighted by Gasteiger charge is -2.38. The minimum absolute atomic E-state index is 0. The molecule has 0 amide bonds. The van der Waals surface area contributed by atoms with Gasteiger partial charge in [-0.05, 0) is 47.0 Å². The Morgan fingerprint density at radius 3 is 2.86 bits per heavy atom. The average molecular weight is 414 g/mol. The highest BCUT2D eigenvalue weighted by Crippen LogP contribution is 2.28. The minimum Gasteiger partial charge on any atom is -0.491 e. The van der Waals surface area contributed by atoms with Gasteiger partial charge in [0, 0.05) is 37.8 Å². The zero-order valence-electron chi connectivity index (χ0n) is 12.6. The molecule has 0 aromatic heterocycles. The maximum absolute atomic E-state index is 5.92. The summed E-state index contributed by atoms with van der Waals surface area (Å²) >= 11 is 9.37. The van der Waals surface area contributed by atoms with Gasteiger partial charge in [-0.25, -0.2) is 0 Å². The van der Waals surface area contributed by atoms with Gasteiger partial charge in [0.2, 0.25) is 0 Å². The van der Waals surface area contributed by atoms with Gasteiger partial charge in [0.05, 0.1) is 10.6 Å². The lowest BCUT2D eigenvalue weighted by molar-refractivity contribution is 0.00920. The van der Waals surface area contributed by atoms with Crippen LogP contribution in [0.1, 0.15) is 12.8 Å². The second-order valence-electron chi connectivity index (χ2n) is 5.23. The number of piperidine rings is 1. The van der Waals surface area contributed by atoms with Gasteiger partial charge < -0.3 is 15.2 Å². The maximum Gasteiger partial charge on any atom is 0.133 e. The molecule has 7 heteroatoms. The summed E-state index contributed by atoms with van der Waals surface area (Å²) in [6.45, 7) is 3.16. The summed E-state index contributed by atoms with van der Waals surface area (Å²) in [6, 6.07) is 5.92. The van der Waals surface area contributed by atoms with Crippen molar-refractivity contribution in [1.82, 2.24) is 4.90 Å². The smallest absolute Gasteiger partial charge is 0.133 e. The van der Waals surface area contributed by atoms with Crippen LogP contribution < -0.4 is 10.5 Å². The van der Waals surface area contributed by atoms with Crippen molar-refractivity contribution in [2.45, 2.75) is 25.0 Å². The molecule has 1 aliphatic heterocycles. The molecule has 1 aliphatic rings. The fraction of sp³-hybridized carbons (Fsp3) is 0.600. The van der Waals surface area contributed by atoms with E-state index in [2.05, 4.69) is 20.8 Å². The fourth-order valence-electron chi connectivity index (χ4n) is 2.68. The molecule has 1 saturated heterocycles. The molecule has 4 nitrogen and oxygen atoms in total. The third kappa shape index (κ3) is 5.55. The van der Waals surface area contributed by atoms with E-state index < -0.39 is 0 Å². The summed E-state index contributed by atoms with van der Waals surface area (Å²) in [5.74, 6) is 0.815. The molecule has 1 aromatic carbocycles. The van der Waals surface area contributed by atoms with Gasteiger partial charge in [-0.15, -0.1) is 12.4 Å². The molecule has 0 saturated carbocycles. The number of ether oxygens (including phenoxy) is 2. The summed E-state index contributed by atoms with van der Waals surface area (Å²) in [5.41, 5.74) is 5.87. The molecule has 1 heterocycles. The Morgan fingerprint density at radius 2 is 2.23 bits per heavy atom. The molecule has 0 spiro atoms. The first-order valence-corrected chi connectivity index (χ1v) is 8.36. The number of halogens is 3. The van der Waals surface area contributed by atoms with Crippen molar-refractivity contribution in [2.75, 3.05) is 33.4 Å². The number of nitrogens with zero attached hydrogens (tertiary/aromatic N) is 1. The van der Waals surface area contributed by atoms with Crippen molar-refractivity contribution in [3.63, 3.8) is 0 Å². The Balaban J connectivity index is 0.00000242. The lowest BCUT2D eigenvalue weighted by atomic mass is 9.99. The normalized spacial score (nSPS) is 22.2. The third-order valence-corrected chi connectivity index (χ3v) is 4.78. The van der Waals surface area contributed by atoms with Crippen LogP contribution in [-0.2, 0) is 4.74 Å². The van der Waals surface area contributed by atoms with Gasteiger partial charge in [0.15, 0.2) is 0 Å². The Labute approximate surface area is 151 Å². The van der Waals surface area contributed by atoms with Crippen LogP contribution in [0.5, 0.6) is 5.75 Å². The number of rotatable bonds is 6. The van der Waals surface area contributed by atoms with Crippen LogP contribution in [0.2, 0.25) is 5.02 Å². The summed E-state index contributed by atoms with van der Waals surface area (Å²) in [6.07, 6.45) is 2.39. The first-order chi connectivity index (χ1) is 10.1. The predicted molar refractivity (Wildman–Crippen MR) is 96.3 cm³/mol. The van der Waals surface area contributed by atoms with Gasteiger partial charge in [-0.3, -0.25) is 4.90 Å². The second kappa shape index (κ2) is 9.96. The van der Waals surface area contributed by atoms with Gasteiger partial charge in [0.25, 0.3) is 0 Å². The highest BCUT2D eigenvalue weighted by molar-refractivity contribution is 9.10. The topological polar surface area (TPSA) is 47.7 Å². The molecule has 2 rings (SSSR count). The van der Waals surface area contributed by atoms with Gasteiger partial charge in [0.1, 0.15) is 12.4 Å². The molecule has 0 aliphatic carbocycles. The first kappa shape index (κ1) is 20.0. The van der Waals surface area contributed by atoms with Crippen molar-refractivity contribution >= 4 is 39.9 Å². The molecule has 1 fully saturated rings. The van der Waals surface area contributed by atoms with E-state index in [0.29, 0.717) is 30.3 Å². The van der Waals surface area contributed by atoms with Crippen LogP contribution in [0, 0.1) is 0 Å². The Bertz CT molecular complexity index is 465. The standard InChI is InChI=1S/C15H22BrClN2O2.ClH/c1-20-13-4-5-19(12(9-13)10-18)6-7-21-15-3-2-11(17)8-14(15)16;/h2-3,8,12-13H,4-7,9-10,18H2,1H3;1H. The molecule has 2 unspecified atom stereocenters. The SMILES string of the molecule is COC1CCN(CCOc2ccc(Cl)cc2Br)C(CN)C1.Cl. The Morgan fingerprint density at radius 1 is 1.45 bits per heavy atom. The number of hydrogen-bond acceptors (Lipinski definition) is 4. The van der Waals surface area contributed by atoms with Crippen molar-refractivity contribution in [3.8, 4) is 5.75 Å². The highest BCUT2D eigenvalue weighted by atomic mass is 79.9. The Kier molecular flexibility index (Phi) is 9.05. The quantitative estimate of drug-likeness (QED) is 0.776. The zero-order valence-corrected chi connectivity index (χ0v) is 15.8. The number of hydrogen-bond donors (Lipinski definition) is 1. The van der Waals surface area contributed by atoms with Crippen molar-refractivity contribution in [1.29, 1.82) is 0 Å². The van der Waals surface area contributed by atoms with Gasteiger partial charge in [-0.1, -0.05) is 11.6 Å². The van der Waals surface area contributed by atoms with E-state index in [1.54, 1.807) is 7.11 Å². The molecule has 126 valence electrons. The minimum atomic E-state index is 0. The van der Waals surface area contributed by atoms with Crippen molar-refractivity contribution in [3.05, 3.63) is 27.7 Å². The number of likely N-dealkylation sites (tertiary alicyclic amines) is 1. The lowest BCUT2D eigenvalue weighted by Crippen LogP contribution is -2.49. The first-order valence-electron chi connectivity index (χ1n) is 7.18.